The zero-order valence-electron chi connectivity index (χ0n) is 7.99. The number of rotatable bonds is 4. The molecule has 0 amide bonds. The Morgan fingerprint density at radius 1 is 1.46 bits per heavy atom. The maximum Gasteiger partial charge on any atom is 0.0930 e. The van der Waals surface area contributed by atoms with E-state index in [0.29, 0.717) is 6.61 Å². The maximum atomic E-state index is 5.20. The largest absolute Gasteiger partial charge is 0.377 e. The molecule has 1 unspecified atom stereocenters. The fourth-order valence-electron chi connectivity index (χ4n) is 1.17. The summed E-state index contributed by atoms with van der Waals surface area (Å²) in [5.41, 5.74) is 2.20. The Hall–Kier alpha value is -0.900. The number of methoxy groups -OCH3 is 1. The second kappa shape index (κ2) is 4.97. The van der Waals surface area contributed by atoms with Crippen molar-refractivity contribution in [3.05, 3.63) is 35.4 Å². The molecule has 2 N–H and O–H groups in total. The molecule has 1 atom stereocenters. The standard InChI is InChI=1S/C10H15NO2/c1-8(12-2)10-5-3-4-9(6-10)7-13-11/h3-6,8H,7,11H2,1-2H3. The minimum atomic E-state index is 0.109. The average Bonchev–Trinajstić information content (AvgIpc) is 2.18. The Morgan fingerprint density at radius 3 is 2.85 bits per heavy atom. The van der Waals surface area contributed by atoms with Gasteiger partial charge in [-0.3, -0.25) is 4.84 Å². The molecule has 0 aliphatic carbocycles. The smallest absolute Gasteiger partial charge is 0.0930 e. The van der Waals surface area contributed by atoms with Crippen molar-refractivity contribution in [3.63, 3.8) is 0 Å². The lowest BCUT2D eigenvalue weighted by Crippen LogP contribution is -2.01. The zero-order valence-corrected chi connectivity index (χ0v) is 7.99. The zero-order chi connectivity index (χ0) is 9.68. The molecule has 0 aliphatic heterocycles. The molecule has 0 aliphatic rings. The van der Waals surface area contributed by atoms with Crippen LogP contribution in [0.15, 0.2) is 24.3 Å². The topological polar surface area (TPSA) is 44.5 Å². The lowest BCUT2D eigenvalue weighted by Gasteiger charge is -2.10. The van der Waals surface area contributed by atoms with Gasteiger partial charge in [-0.1, -0.05) is 24.3 Å². The van der Waals surface area contributed by atoms with E-state index in [-0.39, 0.29) is 6.10 Å². The molecule has 1 aromatic rings. The third-order valence-electron chi connectivity index (χ3n) is 2.02. The van der Waals surface area contributed by atoms with Gasteiger partial charge in [0.1, 0.15) is 0 Å². The Kier molecular flexibility index (Phi) is 3.89. The molecule has 0 heterocycles. The summed E-state index contributed by atoms with van der Waals surface area (Å²) in [4.78, 5) is 4.56. The van der Waals surface area contributed by atoms with Crippen molar-refractivity contribution < 1.29 is 9.57 Å². The van der Waals surface area contributed by atoms with E-state index in [2.05, 4.69) is 4.84 Å². The minimum absolute atomic E-state index is 0.109. The fraction of sp³-hybridized carbons (Fsp3) is 0.400. The number of ether oxygens (including phenoxy) is 1. The predicted molar refractivity (Wildman–Crippen MR) is 50.8 cm³/mol. The van der Waals surface area contributed by atoms with Crippen molar-refractivity contribution >= 4 is 0 Å². The van der Waals surface area contributed by atoms with Crippen LogP contribution in [-0.2, 0) is 16.2 Å². The summed E-state index contributed by atoms with van der Waals surface area (Å²) in [6.07, 6.45) is 0.109. The van der Waals surface area contributed by atoms with Gasteiger partial charge in [0.25, 0.3) is 0 Å². The van der Waals surface area contributed by atoms with E-state index >= 15 is 0 Å². The predicted octanol–water partition coefficient (Wildman–Crippen LogP) is 1.78. The minimum Gasteiger partial charge on any atom is -0.377 e. The Bertz CT molecular complexity index is 263. The third kappa shape index (κ3) is 2.81. The molecule has 72 valence electrons. The Morgan fingerprint density at radius 2 is 2.23 bits per heavy atom. The van der Waals surface area contributed by atoms with Gasteiger partial charge in [0, 0.05) is 7.11 Å². The van der Waals surface area contributed by atoms with Gasteiger partial charge in [-0.25, -0.2) is 5.90 Å². The van der Waals surface area contributed by atoms with Gasteiger partial charge in [0.05, 0.1) is 12.7 Å². The number of hydrogen-bond acceptors (Lipinski definition) is 3. The van der Waals surface area contributed by atoms with E-state index in [0.717, 1.165) is 11.1 Å². The Labute approximate surface area is 78.4 Å². The van der Waals surface area contributed by atoms with Crippen molar-refractivity contribution in [2.45, 2.75) is 19.6 Å². The summed E-state index contributed by atoms with van der Waals surface area (Å²) in [6, 6.07) is 7.99. The molecule has 0 fully saturated rings. The van der Waals surface area contributed by atoms with Crippen LogP contribution in [-0.4, -0.2) is 7.11 Å². The first-order chi connectivity index (χ1) is 6.27. The van der Waals surface area contributed by atoms with Crippen LogP contribution in [0.25, 0.3) is 0 Å². The molecule has 1 rings (SSSR count). The normalized spacial score (nSPS) is 12.8. The molecule has 0 spiro atoms. The van der Waals surface area contributed by atoms with E-state index in [1.807, 2.05) is 31.2 Å². The van der Waals surface area contributed by atoms with Gasteiger partial charge in [-0.15, -0.1) is 0 Å². The SMILES string of the molecule is COC(C)c1cccc(CON)c1. The summed E-state index contributed by atoms with van der Waals surface area (Å²) in [7, 11) is 1.69. The first-order valence-electron chi connectivity index (χ1n) is 4.21. The van der Waals surface area contributed by atoms with Crippen molar-refractivity contribution in [1.82, 2.24) is 0 Å². The molecule has 1 aromatic carbocycles. The van der Waals surface area contributed by atoms with Gasteiger partial charge in [-0.2, -0.15) is 0 Å². The summed E-state index contributed by atoms with van der Waals surface area (Å²) in [5, 5.41) is 0. The molecule has 0 radical (unpaired) electrons. The molecule has 3 nitrogen and oxygen atoms in total. The highest BCUT2D eigenvalue weighted by Crippen LogP contribution is 2.16. The summed E-state index contributed by atoms with van der Waals surface area (Å²) in [6.45, 7) is 2.44. The Balaban J connectivity index is 2.78. The molecule has 3 heteroatoms. The first kappa shape index (κ1) is 10.2. The highest BCUT2D eigenvalue weighted by molar-refractivity contribution is 5.24. The molecule has 0 saturated heterocycles. The maximum absolute atomic E-state index is 5.20. The van der Waals surface area contributed by atoms with Crippen molar-refractivity contribution in [2.75, 3.05) is 7.11 Å². The van der Waals surface area contributed by atoms with Gasteiger partial charge < -0.3 is 4.74 Å². The average molecular weight is 181 g/mol. The first-order valence-corrected chi connectivity index (χ1v) is 4.21. The van der Waals surface area contributed by atoms with Crippen molar-refractivity contribution in [2.24, 2.45) is 5.90 Å². The van der Waals surface area contributed by atoms with Crippen molar-refractivity contribution in [3.8, 4) is 0 Å². The summed E-state index contributed by atoms with van der Waals surface area (Å²) in [5.74, 6) is 4.99. The lowest BCUT2D eigenvalue weighted by atomic mass is 10.1. The van der Waals surface area contributed by atoms with Crippen LogP contribution in [0, 0.1) is 0 Å². The second-order valence-corrected chi connectivity index (χ2v) is 2.93. The molecule has 0 aromatic heterocycles. The number of benzene rings is 1. The van der Waals surface area contributed by atoms with Crippen LogP contribution >= 0.6 is 0 Å². The summed E-state index contributed by atoms with van der Waals surface area (Å²) >= 11 is 0. The van der Waals surface area contributed by atoms with Gasteiger partial charge >= 0.3 is 0 Å². The molecular formula is C10H15NO2. The summed E-state index contributed by atoms with van der Waals surface area (Å²) < 4.78 is 5.20. The van der Waals surface area contributed by atoms with Gasteiger partial charge in [-0.05, 0) is 18.1 Å². The van der Waals surface area contributed by atoms with Crippen LogP contribution in [0.2, 0.25) is 0 Å². The van der Waals surface area contributed by atoms with Gasteiger partial charge in [0.15, 0.2) is 0 Å². The van der Waals surface area contributed by atoms with Gasteiger partial charge in [0.2, 0.25) is 0 Å². The third-order valence-corrected chi connectivity index (χ3v) is 2.02. The van der Waals surface area contributed by atoms with E-state index in [1.54, 1.807) is 7.11 Å². The highest BCUT2D eigenvalue weighted by Gasteiger charge is 2.03. The van der Waals surface area contributed by atoms with Crippen LogP contribution in [0.3, 0.4) is 0 Å². The van der Waals surface area contributed by atoms with Crippen molar-refractivity contribution in [1.29, 1.82) is 0 Å². The molecule has 13 heavy (non-hydrogen) atoms. The van der Waals surface area contributed by atoms with E-state index in [9.17, 15) is 0 Å². The quantitative estimate of drug-likeness (QED) is 0.720. The van der Waals surface area contributed by atoms with E-state index in [1.165, 1.54) is 0 Å². The monoisotopic (exact) mass is 181 g/mol. The number of hydrogen-bond donors (Lipinski definition) is 1. The van der Waals surface area contributed by atoms with Crippen LogP contribution in [0.5, 0.6) is 0 Å². The van der Waals surface area contributed by atoms with Crippen LogP contribution in [0.4, 0.5) is 0 Å². The fourth-order valence-corrected chi connectivity index (χ4v) is 1.17. The van der Waals surface area contributed by atoms with E-state index in [4.69, 9.17) is 10.6 Å². The highest BCUT2D eigenvalue weighted by atomic mass is 16.6. The lowest BCUT2D eigenvalue weighted by molar-refractivity contribution is 0.116. The molecule has 0 saturated carbocycles. The second-order valence-electron chi connectivity index (χ2n) is 2.93. The molecular weight excluding hydrogens is 166 g/mol. The molecule has 0 bridgehead atoms. The van der Waals surface area contributed by atoms with E-state index < -0.39 is 0 Å². The van der Waals surface area contributed by atoms with Crippen LogP contribution in [0.1, 0.15) is 24.2 Å². The number of nitrogens with two attached hydrogens (primary N) is 1. The van der Waals surface area contributed by atoms with Crippen LogP contribution < -0.4 is 5.90 Å².